The first-order valence-electron chi connectivity index (χ1n) is 9.00. The molecule has 2 aromatic heterocycles. The van der Waals surface area contributed by atoms with Gasteiger partial charge in [0.25, 0.3) is 0 Å². The van der Waals surface area contributed by atoms with Crippen molar-refractivity contribution in [2.75, 3.05) is 26.2 Å². The lowest BCUT2D eigenvalue weighted by Gasteiger charge is -2.38. The minimum atomic E-state index is 0.426. The van der Waals surface area contributed by atoms with Crippen LogP contribution in [0.25, 0.3) is 10.9 Å². The van der Waals surface area contributed by atoms with Crippen LogP contribution < -0.4 is 0 Å². The van der Waals surface area contributed by atoms with E-state index in [0.717, 1.165) is 38.2 Å². The van der Waals surface area contributed by atoms with E-state index in [2.05, 4.69) is 57.0 Å². The number of nitrogens with zero attached hydrogens (tertiary/aromatic N) is 4. The number of hydrogen-bond acceptors (Lipinski definition) is 4. The Morgan fingerprint density at radius 1 is 0.960 bits per heavy atom. The molecule has 3 aromatic rings. The summed E-state index contributed by atoms with van der Waals surface area (Å²) in [5, 5.41) is 1.23. The first-order valence-corrected chi connectivity index (χ1v) is 9.00. The van der Waals surface area contributed by atoms with Crippen molar-refractivity contribution in [3.63, 3.8) is 0 Å². The Balaban J connectivity index is 1.40. The fourth-order valence-electron chi connectivity index (χ4n) is 3.68. The van der Waals surface area contributed by atoms with Gasteiger partial charge in [0.05, 0.1) is 5.52 Å². The third-order valence-corrected chi connectivity index (χ3v) is 5.23. The molecule has 0 bridgehead atoms. The summed E-state index contributed by atoms with van der Waals surface area (Å²) in [5.41, 5.74) is 3.76. The lowest BCUT2D eigenvalue weighted by molar-refractivity contribution is 0.0980. The number of pyridine rings is 2. The number of para-hydroxylation sites is 1. The molecule has 25 heavy (non-hydrogen) atoms. The Kier molecular flexibility index (Phi) is 4.72. The third kappa shape index (κ3) is 3.55. The molecule has 3 heterocycles. The van der Waals surface area contributed by atoms with Gasteiger partial charge in [0, 0.05) is 62.7 Å². The van der Waals surface area contributed by atoms with E-state index in [-0.39, 0.29) is 0 Å². The van der Waals surface area contributed by atoms with Crippen LogP contribution in [-0.2, 0) is 6.54 Å². The summed E-state index contributed by atoms with van der Waals surface area (Å²) in [6.07, 6.45) is 5.71. The second-order valence-electron chi connectivity index (χ2n) is 6.77. The first kappa shape index (κ1) is 16.2. The van der Waals surface area contributed by atoms with Crippen molar-refractivity contribution >= 4 is 10.9 Å². The summed E-state index contributed by atoms with van der Waals surface area (Å²) >= 11 is 0. The van der Waals surface area contributed by atoms with Crippen LogP contribution in [0.3, 0.4) is 0 Å². The van der Waals surface area contributed by atoms with E-state index in [4.69, 9.17) is 0 Å². The van der Waals surface area contributed by atoms with Crippen LogP contribution in [-0.4, -0.2) is 45.9 Å². The maximum atomic E-state index is 4.59. The zero-order valence-electron chi connectivity index (χ0n) is 14.7. The van der Waals surface area contributed by atoms with Crippen molar-refractivity contribution in [2.24, 2.45) is 0 Å². The number of hydrogen-bond donors (Lipinski definition) is 0. The summed E-state index contributed by atoms with van der Waals surface area (Å²) in [5.74, 6) is 0. The Morgan fingerprint density at radius 3 is 2.56 bits per heavy atom. The molecule has 1 atom stereocenters. The highest BCUT2D eigenvalue weighted by atomic mass is 15.3. The normalized spacial score (nSPS) is 17.6. The van der Waals surface area contributed by atoms with Crippen molar-refractivity contribution < 1.29 is 0 Å². The molecule has 0 aliphatic carbocycles. The summed E-state index contributed by atoms with van der Waals surface area (Å²) in [6, 6.07) is 15.3. The summed E-state index contributed by atoms with van der Waals surface area (Å²) in [4.78, 5) is 13.9. The van der Waals surface area contributed by atoms with Gasteiger partial charge in [-0.25, -0.2) is 0 Å². The summed E-state index contributed by atoms with van der Waals surface area (Å²) in [7, 11) is 0. The fraction of sp³-hybridized carbons (Fsp3) is 0.333. The van der Waals surface area contributed by atoms with Gasteiger partial charge in [0.2, 0.25) is 0 Å². The Labute approximate surface area is 149 Å². The lowest BCUT2D eigenvalue weighted by atomic mass is 10.1. The molecule has 1 aliphatic rings. The van der Waals surface area contributed by atoms with E-state index >= 15 is 0 Å². The van der Waals surface area contributed by atoms with Crippen molar-refractivity contribution in [2.45, 2.75) is 19.5 Å². The molecule has 0 N–H and O–H groups in total. The molecule has 1 fully saturated rings. The van der Waals surface area contributed by atoms with Crippen LogP contribution in [0.2, 0.25) is 0 Å². The second-order valence-corrected chi connectivity index (χ2v) is 6.77. The van der Waals surface area contributed by atoms with Gasteiger partial charge in [-0.2, -0.15) is 0 Å². The number of piperazine rings is 1. The number of aromatic nitrogens is 2. The highest BCUT2D eigenvalue weighted by molar-refractivity contribution is 5.81. The Morgan fingerprint density at radius 2 is 1.76 bits per heavy atom. The number of rotatable bonds is 4. The third-order valence-electron chi connectivity index (χ3n) is 5.23. The van der Waals surface area contributed by atoms with Crippen molar-refractivity contribution in [3.05, 3.63) is 72.2 Å². The zero-order chi connectivity index (χ0) is 17.1. The van der Waals surface area contributed by atoms with Gasteiger partial charge in [0.1, 0.15) is 0 Å². The minimum Gasteiger partial charge on any atom is -0.296 e. The van der Waals surface area contributed by atoms with Gasteiger partial charge in [-0.05, 0) is 30.2 Å². The maximum absolute atomic E-state index is 4.59. The molecule has 4 nitrogen and oxygen atoms in total. The van der Waals surface area contributed by atoms with Gasteiger partial charge in [-0.1, -0.05) is 30.3 Å². The molecule has 4 rings (SSSR count). The van der Waals surface area contributed by atoms with Crippen LogP contribution >= 0.6 is 0 Å². The van der Waals surface area contributed by atoms with E-state index < -0.39 is 0 Å². The molecule has 1 aromatic carbocycles. The van der Waals surface area contributed by atoms with Crippen LogP contribution in [0, 0.1) is 0 Å². The Bertz CT molecular complexity index is 820. The number of fused-ring (bicyclic) bond motifs is 1. The molecule has 0 radical (unpaired) electrons. The summed E-state index contributed by atoms with van der Waals surface area (Å²) < 4.78 is 0. The quantitative estimate of drug-likeness (QED) is 0.732. The van der Waals surface area contributed by atoms with Crippen molar-refractivity contribution in [3.8, 4) is 0 Å². The maximum Gasteiger partial charge on any atom is 0.0746 e. The van der Waals surface area contributed by atoms with Gasteiger partial charge in [-0.15, -0.1) is 0 Å². The molecule has 0 unspecified atom stereocenters. The highest BCUT2D eigenvalue weighted by Gasteiger charge is 2.22. The SMILES string of the molecule is C[C@@H](c1cccnc1)N1CCN(Cc2cccc3cccnc23)CC1. The predicted octanol–water partition coefficient (Wildman–Crippen LogP) is 3.51. The molecule has 1 aliphatic heterocycles. The van der Waals surface area contributed by atoms with Crippen LogP contribution in [0.1, 0.15) is 24.1 Å². The standard InChI is InChI=1S/C21H24N4/c1-17(19-8-3-9-22-15-19)25-13-11-24(12-14-25)16-20-6-2-5-18-7-4-10-23-21(18)20/h2-10,15,17H,11-14,16H2,1H3/t17-/m0/s1. The van der Waals surface area contributed by atoms with Crippen LogP contribution in [0.5, 0.6) is 0 Å². The topological polar surface area (TPSA) is 32.3 Å². The zero-order valence-corrected chi connectivity index (χ0v) is 14.7. The van der Waals surface area contributed by atoms with Gasteiger partial charge >= 0.3 is 0 Å². The second kappa shape index (κ2) is 7.30. The van der Waals surface area contributed by atoms with E-state index in [1.165, 1.54) is 16.5 Å². The van der Waals surface area contributed by atoms with Crippen molar-refractivity contribution in [1.82, 2.24) is 19.8 Å². The Hall–Kier alpha value is -2.30. The van der Waals surface area contributed by atoms with Gasteiger partial charge in [-0.3, -0.25) is 19.8 Å². The molecule has 1 saturated heterocycles. The van der Waals surface area contributed by atoms with E-state index in [1.54, 1.807) is 0 Å². The molecule has 0 amide bonds. The number of benzene rings is 1. The molecular weight excluding hydrogens is 308 g/mol. The molecule has 0 saturated carbocycles. The van der Waals surface area contributed by atoms with Gasteiger partial charge < -0.3 is 0 Å². The van der Waals surface area contributed by atoms with E-state index in [0.29, 0.717) is 6.04 Å². The van der Waals surface area contributed by atoms with Crippen LogP contribution in [0.15, 0.2) is 61.1 Å². The van der Waals surface area contributed by atoms with E-state index in [9.17, 15) is 0 Å². The monoisotopic (exact) mass is 332 g/mol. The highest BCUT2D eigenvalue weighted by Crippen LogP contribution is 2.22. The summed E-state index contributed by atoms with van der Waals surface area (Å²) in [6.45, 7) is 7.62. The fourth-order valence-corrected chi connectivity index (χ4v) is 3.68. The van der Waals surface area contributed by atoms with Crippen molar-refractivity contribution in [1.29, 1.82) is 0 Å². The largest absolute Gasteiger partial charge is 0.296 e. The first-order chi connectivity index (χ1) is 12.3. The van der Waals surface area contributed by atoms with Crippen LogP contribution in [0.4, 0.5) is 0 Å². The van der Waals surface area contributed by atoms with Gasteiger partial charge in [0.15, 0.2) is 0 Å². The average Bonchev–Trinajstić information content (AvgIpc) is 2.69. The predicted molar refractivity (Wildman–Crippen MR) is 101 cm³/mol. The molecule has 4 heteroatoms. The smallest absolute Gasteiger partial charge is 0.0746 e. The van der Waals surface area contributed by atoms with E-state index in [1.807, 2.05) is 30.7 Å². The lowest BCUT2D eigenvalue weighted by Crippen LogP contribution is -2.46. The molecule has 0 spiro atoms. The average molecular weight is 332 g/mol. The molecular formula is C21H24N4. The minimum absolute atomic E-state index is 0.426. The molecule has 128 valence electrons.